The van der Waals surface area contributed by atoms with Gasteiger partial charge in [-0.1, -0.05) is 31.2 Å². The number of para-hydroxylation sites is 2. The highest BCUT2D eigenvalue weighted by atomic mass is 32.2. The number of imide groups is 1. The van der Waals surface area contributed by atoms with E-state index < -0.39 is 17.1 Å². The predicted molar refractivity (Wildman–Crippen MR) is 133 cm³/mol. The molecule has 0 aromatic heterocycles. The zero-order valence-electron chi connectivity index (χ0n) is 19.0. The highest BCUT2D eigenvalue weighted by Gasteiger charge is 2.36. The summed E-state index contributed by atoms with van der Waals surface area (Å²) < 4.78 is 11.0. The Hall–Kier alpha value is -3.30. The van der Waals surface area contributed by atoms with Crippen molar-refractivity contribution in [1.29, 1.82) is 0 Å². The number of anilines is 2. The van der Waals surface area contributed by atoms with Crippen molar-refractivity contribution in [3.63, 3.8) is 0 Å². The second kappa shape index (κ2) is 11.2. The van der Waals surface area contributed by atoms with E-state index in [2.05, 4.69) is 10.2 Å². The molecule has 0 aliphatic carbocycles. The van der Waals surface area contributed by atoms with E-state index in [0.29, 0.717) is 25.5 Å². The summed E-state index contributed by atoms with van der Waals surface area (Å²) in [6.07, 6.45) is 2.57. The van der Waals surface area contributed by atoms with Gasteiger partial charge in [0.2, 0.25) is 5.91 Å². The van der Waals surface area contributed by atoms with Gasteiger partial charge >= 0.3 is 0 Å². The first kappa shape index (κ1) is 23.8. The van der Waals surface area contributed by atoms with E-state index >= 15 is 0 Å². The summed E-state index contributed by atoms with van der Waals surface area (Å²) in [5.41, 5.74) is 2.31. The molecule has 9 heteroatoms. The summed E-state index contributed by atoms with van der Waals surface area (Å²) in [6, 6.07) is 14.8. The molecule has 2 aliphatic rings. The van der Waals surface area contributed by atoms with Crippen LogP contribution in [0.1, 0.15) is 18.9 Å². The maximum atomic E-state index is 12.8. The molecule has 3 amide bonds. The predicted octanol–water partition coefficient (Wildman–Crippen LogP) is 3.99. The molecule has 2 aliphatic heterocycles. The van der Waals surface area contributed by atoms with E-state index in [1.165, 1.54) is 0 Å². The van der Waals surface area contributed by atoms with Crippen LogP contribution in [0.2, 0.25) is 0 Å². The fourth-order valence-corrected chi connectivity index (χ4v) is 4.50. The Balaban J connectivity index is 1.40. The van der Waals surface area contributed by atoms with Crippen LogP contribution in [0, 0.1) is 0 Å². The minimum Gasteiger partial charge on any atom is -0.494 e. The van der Waals surface area contributed by atoms with Crippen molar-refractivity contribution in [1.82, 2.24) is 4.90 Å². The van der Waals surface area contributed by atoms with Crippen LogP contribution in [0.5, 0.6) is 5.75 Å². The Morgan fingerprint density at radius 3 is 2.59 bits per heavy atom. The highest BCUT2D eigenvalue weighted by Crippen LogP contribution is 2.33. The number of rotatable bonds is 8. The number of thioether (sulfide) groups is 1. The molecule has 0 spiro atoms. The number of benzene rings is 2. The van der Waals surface area contributed by atoms with Crippen LogP contribution in [-0.2, 0) is 14.3 Å². The fraction of sp³-hybridized carbons (Fsp3) is 0.320. The molecule has 0 bridgehead atoms. The maximum Gasteiger partial charge on any atom is 0.294 e. The summed E-state index contributed by atoms with van der Waals surface area (Å²) in [5, 5.41) is 2.39. The Morgan fingerprint density at radius 1 is 1.12 bits per heavy atom. The van der Waals surface area contributed by atoms with Crippen molar-refractivity contribution in [3.8, 4) is 5.75 Å². The molecular weight excluding hydrogens is 454 g/mol. The molecule has 178 valence electrons. The number of morpholine rings is 1. The molecule has 0 radical (unpaired) electrons. The lowest BCUT2D eigenvalue weighted by atomic mass is 10.2. The molecule has 2 fully saturated rings. The first-order valence-corrected chi connectivity index (χ1v) is 12.1. The van der Waals surface area contributed by atoms with Crippen LogP contribution in [0.25, 0.3) is 6.08 Å². The monoisotopic (exact) mass is 481 g/mol. The molecule has 2 aromatic carbocycles. The maximum absolute atomic E-state index is 12.8. The highest BCUT2D eigenvalue weighted by molar-refractivity contribution is 8.18. The Kier molecular flexibility index (Phi) is 7.87. The smallest absolute Gasteiger partial charge is 0.294 e. The normalized spacial score (nSPS) is 17.4. The van der Waals surface area contributed by atoms with E-state index in [0.717, 1.165) is 53.2 Å². The minimum absolute atomic E-state index is 0.286. The molecular formula is C25H27N3O5S. The molecule has 1 N–H and O–H groups in total. The Morgan fingerprint density at radius 2 is 1.85 bits per heavy atom. The summed E-state index contributed by atoms with van der Waals surface area (Å²) in [6.45, 7) is 5.03. The number of carbonyl (C=O) groups is 3. The van der Waals surface area contributed by atoms with Gasteiger partial charge in [0, 0.05) is 13.1 Å². The van der Waals surface area contributed by atoms with Gasteiger partial charge in [-0.15, -0.1) is 0 Å². The number of amides is 3. The lowest BCUT2D eigenvalue weighted by molar-refractivity contribution is -0.127. The quantitative estimate of drug-likeness (QED) is 0.571. The Bertz CT molecular complexity index is 1080. The zero-order chi connectivity index (χ0) is 23.9. The third-order valence-electron chi connectivity index (χ3n) is 5.36. The summed E-state index contributed by atoms with van der Waals surface area (Å²) in [5.74, 6) is -0.152. The molecule has 34 heavy (non-hydrogen) atoms. The second-order valence-electron chi connectivity index (χ2n) is 7.85. The van der Waals surface area contributed by atoms with Crippen molar-refractivity contribution in [2.45, 2.75) is 13.3 Å². The van der Waals surface area contributed by atoms with E-state index in [4.69, 9.17) is 9.47 Å². The van der Waals surface area contributed by atoms with Gasteiger partial charge in [0.15, 0.2) is 0 Å². The summed E-state index contributed by atoms with van der Waals surface area (Å²) in [4.78, 5) is 41.4. The number of nitrogens with zero attached hydrogens (tertiary/aromatic N) is 2. The van der Waals surface area contributed by atoms with Crippen molar-refractivity contribution in [2.24, 2.45) is 0 Å². The number of nitrogens with one attached hydrogen (secondary N) is 1. The van der Waals surface area contributed by atoms with Crippen LogP contribution in [-0.4, -0.2) is 61.4 Å². The zero-order valence-corrected chi connectivity index (χ0v) is 19.8. The van der Waals surface area contributed by atoms with Crippen molar-refractivity contribution < 1.29 is 23.9 Å². The molecule has 2 heterocycles. The van der Waals surface area contributed by atoms with Gasteiger partial charge in [-0.25, -0.2) is 0 Å². The molecule has 0 atom stereocenters. The third kappa shape index (κ3) is 5.78. The molecule has 2 aromatic rings. The fourth-order valence-electron chi connectivity index (χ4n) is 3.66. The van der Waals surface area contributed by atoms with Crippen LogP contribution in [0.3, 0.4) is 0 Å². The van der Waals surface area contributed by atoms with E-state index in [9.17, 15) is 14.4 Å². The third-order valence-corrected chi connectivity index (χ3v) is 6.26. The lowest BCUT2D eigenvalue weighted by Crippen LogP contribution is -2.38. The number of carbonyl (C=O) groups excluding carboxylic acids is 3. The van der Waals surface area contributed by atoms with Crippen molar-refractivity contribution in [3.05, 3.63) is 59.0 Å². The SMILES string of the molecule is CCCOc1ccc(/C=C2\SC(=O)N(CC(=O)Nc3ccccc3N3CCOCC3)C2=O)cc1. The first-order chi connectivity index (χ1) is 16.5. The average molecular weight is 482 g/mol. The van der Waals surface area contributed by atoms with Gasteiger partial charge in [-0.05, 0) is 54.1 Å². The average Bonchev–Trinajstić information content (AvgIpc) is 3.11. The van der Waals surface area contributed by atoms with Gasteiger partial charge < -0.3 is 19.7 Å². The van der Waals surface area contributed by atoms with Crippen LogP contribution >= 0.6 is 11.8 Å². The molecule has 2 saturated heterocycles. The first-order valence-electron chi connectivity index (χ1n) is 11.2. The number of hydrogen-bond acceptors (Lipinski definition) is 7. The minimum atomic E-state index is -0.474. The number of ether oxygens (including phenoxy) is 2. The van der Waals surface area contributed by atoms with Gasteiger partial charge in [0.05, 0.1) is 36.1 Å². The van der Waals surface area contributed by atoms with E-state index in [-0.39, 0.29) is 11.4 Å². The van der Waals surface area contributed by atoms with E-state index in [1.54, 1.807) is 6.08 Å². The van der Waals surface area contributed by atoms with Gasteiger partial charge in [0.25, 0.3) is 11.1 Å². The molecule has 8 nitrogen and oxygen atoms in total. The summed E-state index contributed by atoms with van der Waals surface area (Å²) >= 11 is 0.834. The van der Waals surface area contributed by atoms with Crippen molar-refractivity contribution in [2.75, 3.05) is 49.7 Å². The van der Waals surface area contributed by atoms with Crippen LogP contribution < -0.4 is 15.0 Å². The Labute approximate surface area is 202 Å². The van der Waals surface area contributed by atoms with Gasteiger partial charge in [-0.2, -0.15) is 0 Å². The number of hydrogen-bond donors (Lipinski definition) is 1. The second-order valence-corrected chi connectivity index (χ2v) is 8.84. The largest absolute Gasteiger partial charge is 0.494 e. The van der Waals surface area contributed by atoms with Gasteiger partial charge in [-0.3, -0.25) is 19.3 Å². The van der Waals surface area contributed by atoms with E-state index in [1.807, 2.05) is 55.5 Å². The molecule has 0 saturated carbocycles. The van der Waals surface area contributed by atoms with Crippen LogP contribution in [0.4, 0.5) is 16.2 Å². The van der Waals surface area contributed by atoms with Crippen LogP contribution in [0.15, 0.2) is 53.4 Å². The molecule has 4 rings (SSSR count). The molecule has 0 unspecified atom stereocenters. The summed E-state index contributed by atoms with van der Waals surface area (Å²) in [7, 11) is 0. The lowest BCUT2D eigenvalue weighted by Gasteiger charge is -2.30. The standard InChI is InChI=1S/C25H27N3O5S/c1-2-13-33-19-9-7-18(8-10-19)16-22-24(30)28(25(31)34-22)17-23(29)26-20-5-3-4-6-21(20)27-11-14-32-15-12-27/h3-10,16H,2,11-15,17H2,1H3,(H,26,29)/b22-16-. The topological polar surface area (TPSA) is 88.2 Å². The van der Waals surface area contributed by atoms with Crippen molar-refractivity contribution >= 4 is 46.3 Å². The van der Waals surface area contributed by atoms with Gasteiger partial charge in [0.1, 0.15) is 12.3 Å².